The van der Waals surface area contributed by atoms with Crippen LogP contribution in [0, 0.1) is 11.6 Å². The van der Waals surface area contributed by atoms with E-state index in [1.165, 1.54) is 18.9 Å². The maximum absolute atomic E-state index is 13.9. The fourth-order valence-electron chi connectivity index (χ4n) is 2.84. The molecule has 9 heteroatoms. The molecule has 1 aliphatic rings. The minimum Gasteiger partial charge on any atom is -0.469 e. The molecule has 2 aromatic carbocycles. The SMILES string of the molecule is CC[C@@H](SC1=Nc2ccccc2NC(CC(=O)OC)=C1)C(=O)Nc1cc(F)ccc1F. The van der Waals surface area contributed by atoms with E-state index in [2.05, 4.69) is 15.6 Å². The van der Waals surface area contributed by atoms with Gasteiger partial charge < -0.3 is 15.4 Å². The van der Waals surface area contributed by atoms with Crippen molar-refractivity contribution in [2.75, 3.05) is 17.7 Å². The van der Waals surface area contributed by atoms with E-state index >= 15 is 0 Å². The number of hydrogen-bond acceptors (Lipinski definition) is 6. The molecule has 2 aromatic rings. The standard InChI is InChI=1S/C22H21F2N3O3S/c1-3-19(22(29)27-18-10-13(23)8-9-15(18)24)31-20-11-14(12-21(28)30-2)25-16-6-4-5-7-17(16)26-20/h4-11,19,25H,3,12H2,1-2H3,(H,27,29)/t19-/m1/s1. The van der Waals surface area contributed by atoms with E-state index in [0.29, 0.717) is 28.5 Å². The molecule has 0 unspecified atom stereocenters. The third-order valence-electron chi connectivity index (χ3n) is 4.40. The number of rotatable bonds is 6. The van der Waals surface area contributed by atoms with Crippen LogP contribution in [0.5, 0.6) is 0 Å². The minimum absolute atomic E-state index is 0.00189. The normalized spacial score (nSPS) is 13.7. The summed E-state index contributed by atoms with van der Waals surface area (Å²) in [5, 5.41) is 5.48. The largest absolute Gasteiger partial charge is 0.469 e. The van der Waals surface area contributed by atoms with Crippen molar-refractivity contribution < 1.29 is 23.1 Å². The van der Waals surface area contributed by atoms with Gasteiger partial charge in [0.2, 0.25) is 5.91 Å². The Balaban J connectivity index is 1.84. The number of fused-ring (bicyclic) bond motifs is 1. The van der Waals surface area contributed by atoms with E-state index in [-0.39, 0.29) is 12.1 Å². The first-order valence-corrected chi connectivity index (χ1v) is 10.4. The maximum atomic E-state index is 13.9. The minimum atomic E-state index is -0.722. The van der Waals surface area contributed by atoms with Crippen molar-refractivity contribution in [2.45, 2.75) is 25.0 Å². The average Bonchev–Trinajstić information content (AvgIpc) is 2.92. The molecular weight excluding hydrogens is 424 g/mol. The first-order valence-electron chi connectivity index (χ1n) is 9.54. The van der Waals surface area contributed by atoms with Crippen molar-refractivity contribution in [1.29, 1.82) is 0 Å². The van der Waals surface area contributed by atoms with E-state index in [9.17, 15) is 18.4 Å². The molecule has 0 bridgehead atoms. The van der Waals surface area contributed by atoms with Crippen LogP contribution in [0.2, 0.25) is 0 Å². The summed E-state index contributed by atoms with van der Waals surface area (Å²) in [6.45, 7) is 1.81. The lowest BCUT2D eigenvalue weighted by Crippen LogP contribution is -2.26. The molecular formula is C22H21F2N3O3S. The summed E-state index contributed by atoms with van der Waals surface area (Å²) in [5.41, 5.74) is 1.70. The van der Waals surface area contributed by atoms with Gasteiger partial charge in [-0.05, 0) is 36.8 Å². The lowest BCUT2D eigenvalue weighted by atomic mass is 10.2. The van der Waals surface area contributed by atoms with E-state index in [1.807, 2.05) is 25.1 Å². The predicted octanol–water partition coefficient (Wildman–Crippen LogP) is 5.02. The second-order valence-electron chi connectivity index (χ2n) is 6.64. The van der Waals surface area contributed by atoms with Gasteiger partial charge in [0, 0.05) is 11.8 Å². The first kappa shape index (κ1) is 22.5. The van der Waals surface area contributed by atoms with Crippen molar-refractivity contribution in [3.63, 3.8) is 0 Å². The number of hydrogen-bond donors (Lipinski definition) is 2. The Kier molecular flexibility index (Phi) is 7.41. The van der Waals surface area contributed by atoms with Crippen LogP contribution in [-0.2, 0) is 14.3 Å². The summed E-state index contributed by atoms with van der Waals surface area (Å²) in [7, 11) is 1.31. The zero-order valence-electron chi connectivity index (χ0n) is 16.9. The monoisotopic (exact) mass is 445 g/mol. The number of ether oxygens (including phenoxy) is 1. The lowest BCUT2D eigenvalue weighted by Gasteiger charge is -2.15. The Morgan fingerprint density at radius 3 is 2.74 bits per heavy atom. The molecule has 0 saturated heterocycles. The van der Waals surface area contributed by atoms with Crippen LogP contribution >= 0.6 is 11.8 Å². The Bertz CT molecular complexity index is 1060. The van der Waals surface area contributed by atoms with Crippen molar-refractivity contribution in [3.8, 4) is 0 Å². The highest BCUT2D eigenvalue weighted by Gasteiger charge is 2.23. The Morgan fingerprint density at radius 2 is 2.00 bits per heavy atom. The fourth-order valence-corrected chi connectivity index (χ4v) is 3.83. The van der Waals surface area contributed by atoms with Gasteiger partial charge >= 0.3 is 5.97 Å². The van der Waals surface area contributed by atoms with Gasteiger partial charge in [-0.3, -0.25) is 9.59 Å². The van der Waals surface area contributed by atoms with Crippen LogP contribution in [0.25, 0.3) is 0 Å². The van der Waals surface area contributed by atoms with E-state index in [4.69, 9.17) is 4.74 Å². The summed E-state index contributed by atoms with van der Waals surface area (Å²) < 4.78 is 32.1. The van der Waals surface area contributed by atoms with Crippen LogP contribution in [-0.4, -0.2) is 29.3 Å². The molecule has 1 aliphatic heterocycles. The molecule has 3 rings (SSSR count). The van der Waals surface area contributed by atoms with Crippen molar-refractivity contribution in [2.24, 2.45) is 4.99 Å². The second kappa shape index (κ2) is 10.2. The number of para-hydroxylation sites is 2. The first-order chi connectivity index (χ1) is 14.9. The van der Waals surface area contributed by atoms with Gasteiger partial charge in [0.15, 0.2) is 0 Å². The number of anilines is 2. The quantitative estimate of drug-likeness (QED) is 0.611. The molecule has 162 valence electrons. The van der Waals surface area contributed by atoms with Crippen LogP contribution in [0.15, 0.2) is 59.2 Å². The summed E-state index contributed by atoms with van der Waals surface area (Å²) in [6, 6.07) is 10.2. The lowest BCUT2D eigenvalue weighted by molar-refractivity contribution is -0.139. The number of carbonyl (C=O) groups is 2. The third-order valence-corrected chi connectivity index (χ3v) is 5.69. The number of halogens is 2. The molecule has 0 aromatic heterocycles. The number of nitrogens with zero attached hydrogens (tertiary/aromatic N) is 1. The number of esters is 1. The van der Waals surface area contributed by atoms with Gasteiger partial charge in [0.1, 0.15) is 11.6 Å². The van der Waals surface area contributed by atoms with Gasteiger partial charge in [-0.2, -0.15) is 0 Å². The number of nitrogens with one attached hydrogen (secondary N) is 2. The number of aliphatic imine (C=N–C) groups is 1. The van der Waals surface area contributed by atoms with Crippen molar-refractivity contribution >= 4 is 45.7 Å². The molecule has 1 atom stereocenters. The van der Waals surface area contributed by atoms with Gasteiger partial charge in [0.25, 0.3) is 0 Å². The molecule has 1 heterocycles. The zero-order chi connectivity index (χ0) is 22.4. The molecule has 2 N–H and O–H groups in total. The summed E-state index contributed by atoms with van der Waals surface area (Å²) in [5.74, 6) is -2.27. The third kappa shape index (κ3) is 5.91. The molecule has 0 radical (unpaired) electrons. The van der Waals surface area contributed by atoms with Gasteiger partial charge in [-0.1, -0.05) is 30.8 Å². The Hall–Kier alpha value is -3.20. The number of carbonyl (C=O) groups excluding carboxylic acids is 2. The van der Waals surface area contributed by atoms with E-state index < -0.39 is 28.8 Å². The summed E-state index contributed by atoms with van der Waals surface area (Å²) in [4.78, 5) is 29.1. The maximum Gasteiger partial charge on any atom is 0.311 e. The zero-order valence-corrected chi connectivity index (χ0v) is 17.8. The Morgan fingerprint density at radius 1 is 1.23 bits per heavy atom. The predicted molar refractivity (Wildman–Crippen MR) is 119 cm³/mol. The highest BCUT2D eigenvalue weighted by Crippen LogP contribution is 2.32. The van der Waals surface area contributed by atoms with Crippen LogP contribution in [0.1, 0.15) is 19.8 Å². The highest BCUT2D eigenvalue weighted by atomic mass is 32.2. The summed E-state index contributed by atoms with van der Waals surface area (Å²) >= 11 is 1.17. The van der Waals surface area contributed by atoms with E-state index in [1.54, 1.807) is 12.1 Å². The van der Waals surface area contributed by atoms with E-state index in [0.717, 1.165) is 18.2 Å². The van der Waals surface area contributed by atoms with Gasteiger partial charge in [-0.25, -0.2) is 13.8 Å². The van der Waals surface area contributed by atoms with Crippen molar-refractivity contribution in [1.82, 2.24) is 0 Å². The molecule has 0 fully saturated rings. The second-order valence-corrected chi connectivity index (χ2v) is 7.87. The number of amides is 1. The van der Waals surface area contributed by atoms with Crippen LogP contribution in [0.4, 0.5) is 25.8 Å². The molecule has 1 amide bonds. The van der Waals surface area contributed by atoms with Crippen LogP contribution in [0.3, 0.4) is 0 Å². The van der Waals surface area contributed by atoms with Crippen LogP contribution < -0.4 is 10.6 Å². The molecule has 31 heavy (non-hydrogen) atoms. The molecule has 0 aliphatic carbocycles. The Labute approximate surface area is 182 Å². The summed E-state index contributed by atoms with van der Waals surface area (Å²) in [6.07, 6.45) is 2.10. The number of thioether (sulfide) groups is 1. The highest BCUT2D eigenvalue weighted by molar-refractivity contribution is 8.15. The van der Waals surface area contributed by atoms with Gasteiger partial charge in [0.05, 0.1) is 40.9 Å². The number of methoxy groups -OCH3 is 1. The average molecular weight is 445 g/mol. The molecule has 0 saturated carbocycles. The van der Waals surface area contributed by atoms with Gasteiger partial charge in [-0.15, -0.1) is 0 Å². The fraction of sp³-hybridized carbons (Fsp3) is 0.227. The van der Waals surface area contributed by atoms with Crippen molar-refractivity contribution in [3.05, 3.63) is 65.9 Å². The molecule has 6 nitrogen and oxygen atoms in total. The topological polar surface area (TPSA) is 79.8 Å². The number of benzene rings is 2. The molecule has 0 spiro atoms. The smallest absolute Gasteiger partial charge is 0.311 e.